The molecule has 1 atom stereocenters. The highest BCUT2D eigenvalue weighted by Crippen LogP contribution is 2.19. The molecule has 0 radical (unpaired) electrons. The Morgan fingerprint density at radius 1 is 0.257 bits per heavy atom. The molecule has 0 aliphatic carbocycles. The van der Waals surface area contributed by atoms with Crippen LogP contribution in [0.15, 0.2) is 12.2 Å². The number of carbonyl (C=O) groups excluding carboxylic acids is 3. The maximum absolute atomic E-state index is 12.9. The van der Waals surface area contributed by atoms with Crippen molar-refractivity contribution >= 4 is 17.9 Å². The molecule has 438 valence electrons. The second-order valence-corrected chi connectivity index (χ2v) is 23.1. The molecule has 0 bridgehead atoms. The summed E-state index contributed by atoms with van der Waals surface area (Å²) in [7, 11) is 0. The number of rotatable bonds is 63. The zero-order valence-electron chi connectivity index (χ0n) is 50.4. The predicted molar refractivity (Wildman–Crippen MR) is 321 cm³/mol. The van der Waals surface area contributed by atoms with E-state index in [1.165, 1.54) is 283 Å². The first-order chi connectivity index (χ1) is 36.5. The first-order valence-electron chi connectivity index (χ1n) is 33.7. The van der Waals surface area contributed by atoms with E-state index in [9.17, 15) is 14.4 Å². The third-order valence-electron chi connectivity index (χ3n) is 15.5. The lowest BCUT2D eigenvalue weighted by atomic mass is 10.0. The summed E-state index contributed by atoms with van der Waals surface area (Å²) in [5.74, 6) is -0.842. The van der Waals surface area contributed by atoms with Gasteiger partial charge in [-0.1, -0.05) is 335 Å². The molecular weight excluding hydrogens is 913 g/mol. The van der Waals surface area contributed by atoms with Crippen LogP contribution >= 0.6 is 0 Å². The molecule has 0 aromatic carbocycles. The summed E-state index contributed by atoms with van der Waals surface area (Å²) in [6.45, 7) is 6.70. The van der Waals surface area contributed by atoms with Gasteiger partial charge >= 0.3 is 17.9 Å². The highest BCUT2D eigenvalue weighted by atomic mass is 16.6. The molecule has 6 heteroatoms. The largest absolute Gasteiger partial charge is 0.462 e. The Morgan fingerprint density at radius 2 is 0.446 bits per heavy atom. The van der Waals surface area contributed by atoms with Gasteiger partial charge in [-0.3, -0.25) is 14.4 Å². The number of allylic oxidation sites excluding steroid dienone is 2. The van der Waals surface area contributed by atoms with Crippen LogP contribution in [0.2, 0.25) is 0 Å². The molecule has 6 nitrogen and oxygen atoms in total. The fourth-order valence-corrected chi connectivity index (χ4v) is 10.4. The summed E-state index contributed by atoms with van der Waals surface area (Å²) >= 11 is 0. The van der Waals surface area contributed by atoms with E-state index in [1.807, 2.05) is 0 Å². The summed E-state index contributed by atoms with van der Waals surface area (Å²) < 4.78 is 17.0. The highest BCUT2D eigenvalue weighted by Gasteiger charge is 2.19. The lowest BCUT2D eigenvalue weighted by Gasteiger charge is -2.18. The molecule has 74 heavy (non-hydrogen) atoms. The van der Waals surface area contributed by atoms with Crippen molar-refractivity contribution in [2.75, 3.05) is 13.2 Å². The van der Waals surface area contributed by atoms with Crippen molar-refractivity contribution < 1.29 is 28.6 Å². The van der Waals surface area contributed by atoms with Crippen LogP contribution < -0.4 is 0 Å². The predicted octanol–water partition coefficient (Wildman–Crippen LogP) is 22.8. The van der Waals surface area contributed by atoms with E-state index in [-0.39, 0.29) is 31.1 Å². The SMILES string of the molecule is CCCCCC/C=C\CCCCCCCC(=O)OCC(COC(=O)CCCCCCCCCCCCCCCCCCCCCCCC)OC(=O)CCCCCCCCCCCCCCCCCCCCCCC. The molecule has 1 unspecified atom stereocenters. The third-order valence-corrected chi connectivity index (χ3v) is 15.5. The molecule has 0 rings (SSSR count). The first-order valence-corrected chi connectivity index (χ1v) is 33.7. The Hall–Kier alpha value is -1.85. The van der Waals surface area contributed by atoms with Crippen molar-refractivity contribution in [3.63, 3.8) is 0 Å². The van der Waals surface area contributed by atoms with Crippen LogP contribution in [0, 0.1) is 0 Å². The molecule has 0 N–H and O–H groups in total. The number of esters is 3. The van der Waals surface area contributed by atoms with Gasteiger partial charge in [0.25, 0.3) is 0 Å². The van der Waals surface area contributed by atoms with Crippen LogP contribution in [0.1, 0.15) is 387 Å². The fraction of sp³-hybridized carbons (Fsp3) is 0.926. The summed E-state index contributed by atoms with van der Waals surface area (Å²) in [5, 5.41) is 0. The summed E-state index contributed by atoms with van der Waals surface area (Å²) in [5.41, 5.74) is 0. The maximum Gasteiger partial charge on any atom is 0.306 e. The van der Waals surface area contributed by atoms with E-state index in [4.69, 9.17) is 14.2 Å². The third kappa shape index (κ3) is 61.0. The average Bonchev–Trinajstić information content (AvgIpc) is 3.40. The van der Waals surface area contributed by atoms with Crippen molar-refractivity contribution in [2.24, 2.45) is 0 Å². The lowest BCUT2D eigenvalue weighted by molar-refractivity contribution is -0.167. The van der Waals surface area contributed by atoms with E-state index < -0.39 is 6.10 Å². The molecule has 0 saturated carbocycles. The van der Waals surface area contributed by atoms with Crippen LogP contribution in [0.5, 0.6) is 0 Å². The lowest BCUT2D eigenvalue weighted by Crippen LogP contribution is -2.30. The van der Waals surface area contributed by atoms with E-state index in [1.54, 1.807) is 0 Å². The van der Waals surface area contributed by atoms with Crippen LogP contribution in [-0.2, 0) is 28.6 Å². The summed E-state index contributed by atoms with van der Waals surface area (Å²) in [4.78, 5) is 38.3. The molecule has 0 aliphatic rings. The normalized spacial score (nSPS) is 12.0. The van der Waals surface area contributed by atoms with Gasteiger partial charge in [0.05, 0.1) is 0 Å². The Labute approximate surface area is 462 Å². The molecule has 0 fully saturated rings. The fourth-order valence-electron chi connectivity index (χ4n) is 10.4. The van der Waals surface area contributed by atoms with Crippen LogP contribution in [0.4, 0.5) is 0 Å². The molecule has 0 heterocycles. The molecule has 0 amide bonds. The highest BCUT2D eigenvalue weighted by molar-refractivity contribution is 5.71. The van der Waals surface area contributed by atoms with E-state index >= 15 is 0 Å². The average molecular weight is 1040 g/mol. The quantitative estimate of drug-likeness (QED) is 0.0261. The Balaban J connectivity index is 4.23. The summed E-state index contributed by atoms with van der Waals surface area (Å²) in [6, 6.07) is 0. The minimum Gasteiger partial charge on any atom is -0.462 e. The minimum atomic E-state index is -0.769. The van der Waals surface area contributed by atoms with Crippen LogP contribution in [0.25, 0.3) is 0 Å². The van der Waals surface area contributed by atoms with Crippen molar-refractivity contribution in [1.82, 2.24) is 0 Å². The molecule has 0 aromatic rings. The Kier molecular flexibility index (Phi) is 62.1. The van der Waals surface area contributed by atoms with Gasteiger partial charge in [-0.2, -0.15) is 0 Å². The van der Waals surface area contributed by atoms with Gasteiger partial charge in [0.2, 0.25) is 0 Å². The second-order valence-electron chi connectivity index (χ2n) is 23.1. The zero-order valence-corrected chi connectivity index (χ0v) is 50.4. The van der Waals surface area contributed by atoms with E-state index in [0.717, 1.165) is 64.2 Å². The minimum absolute atomic E-state index is 0.0658. The van der Waals surface area contributed by atoms with Crippen LogP contribution in [-0.4, -0.2) is 37.2 Å². The number of ether oxygens (including phenoxy) is 3. The van der Waals surface area contributed by atoms with Gasteiger partial charge in [0.15, 0.2) is 6.10 Å². The monoisotopic (exact) mass is 1040 g/mol. The molecule has 0 aliphatic heterocycles. The first kappa shape index (κ1) is 72.2. The Bertz CT molecular complexity index is 1150. The maximum atomic E-state index is 12.9. The summed E-state index contributed by atoms with van der Waals surface area (Å²) in [6.07, 6.45) is 75.2. The van der Waals surface area contributed by atoms with E-state index in [0.29, 0.717) is 19.3 Å². The van der Waals surface area contributed by atoms with Gasteiger partial charge in [0.1, 0.15) is 13.2 Å². The topological polar surface area (TPSA) is 78.9 Å². The van der Waals surface area contributed by atoms with Gasteiger partial charge < -0.3 is 14.2 Å². The van der Waals surface area contributed by atoms with Crippen LogP contribution in [0.3, 0.4) is 0 Å². The number of unbranched alkanes of at least 4 members (excludes halogenated alkanes) is 50. The molecule has 0 saturated heterocycles. The number of hydrogen-bond donors (Lipinski definition) is 0. The van der Waals surface area contributed by atoms with Crippen molar-refractivity contribution in [3.05, 3.63) is 12.2 Å². The zero-order chi connectivity index (χ0) is 53.6. The molecular formula is C68H130O6. The van der Waals surface area contributed by atoms with Crippen molar-refractivity contribution in [3.8, 4) is 0 Å². The standard InChI is InChI=1S/C68H130O6/c1-4-7-10-13-16-19-22-25-27-29-31-33-35-36-38-40-43-46-49-52-55-58-61-67(70)73-64-65(63-72-66(69)60-57-54-51-48-45-42-24-21-18-15-12-9-6-3)74-68(71)62-59-56-53-50-47-44-41-39-37-34-32-30-28-26-23-20-17-14-11-8-5-2/h21,24,65H,4-20,22-23,25-64H2,1-3H3/b24-21-. The second kappa shape index (κ2) is 63.7. The van der Waals surface area contributed by atoms with Gasteiger partial charge in [-0.15, -0.1) is 0 Å². The van der Waals surface area contributed by atoms with Gasteiger partial charge in [-0.05, 0) is 44.9 Å². The molecule has 0 spiro atoms. The van der Waals surface area contributed by atoms with Crippen molar-refractivity contribution in [2.45, 2.75) is 393 Å². The smallest absolute Gasteiger partial charge is 0.306 e. The number of hydrogen-bond acceptors (Lipinski definition) is 6. The van der Waals surface area contributed by atoms with Gasteiger partial charge in [-0.25, -0.2) is 0 Å². The van der Waals surface area contributed by atoms with Crippen molar-refractivity contribution in [1.29, 1.82) is 0 Å². The van der Waals surface area contributed by atoms with E-state index in [2.05, 4.69) is 32.9 Å². The van der Waals surface area contributed by atoms with Gasteiger partial charge in [0, 0.05) is 19.3 Å². The molecule has 0 aromatic heterocycles. The Morgan fingerprint density at radius 3 is 0.689 bits per heavy atom. The number of carbonyl (C=O) groups is 3.